The quantitative estimate of drug-likeness (QED) is 0.872. The first-order valence-corrected chi connectivity index (χ1v) is 7.98. The van der Waals surface area contributed by atoms with Crippen molar-refractivity contribution in [1.82, 2.24) is 4.98 Å². The van der Waals surface area contributed by atoms with Crippen LogP contribution < -0.4 is 5.73 Å². The number of nitrogens with zero attached hydrogens (tertiary/aromatic N) is 1. The minimum Gasteiger partial charge on any atom is -0.381 e. The molecule has 0 unspecified atom stereocenters. The van der Waals surface area contributed by atoms with E-state index in [9.17, 15) is 0 Å². The SMILES string of the molecule is CCCc1nc(C2(OCC)CCOCC2)sc1CN. The van der Waals surface area contributed by atoms with E-state index in [1.807, 2.05) is 6.92 Å². The average molecular weight is 284 g/mol. The minimum atomic E-state index is -0.242. The van der Waals surface area contributed by atoms with Gasteiger partial charge in [-0.1, -0.05) is 13.3 Å². The number of thiazole rings is 1. The monoisotopic (exact) mass is 284 g/mol. The molecule has 0 saturated carbocycles. The molecule has 0 aliphatic carbocycles. The van der Waals surface area contributed by atoms with Gasteiger partial charge in [0.1, 0.15) is 10.6 Å². The Kier molecular flexibility index (Phi) is 5.33. The van der Waals surface area contributed by atoms with Crippen molar-refractivity contribution in [2.75, 3.05) is 19.8 Å². The molecule has 1 aromatic rings. The van der Waals surface area contributed by atoms with Crippen LogP contribution in [0.5, 0.6) is 0 Å². The Balaban J connectivity index is 2.30. The first kappa shape index (κ1) is 14.9. The van der Waals surface area contributed by atoms with Gasteiger partial charge >= 0.3 is 0 Å². The van der Waals surface area contributed by atoms with Gasteiger partial charge in [0.05, 0.1) is 5.69 Å². The van der Waals surface area contributed by atoms with E-state index in [1.165, 1.54) is 4.88 Å². The molecule has 2 rings (SSSR count). The van der Waals surface area contributed by atoms with Gasteiger partial charge in [0.15, 0.2) is 0 Å². The first-order chi connectivity index (χ1) is 9.25. The Hall–Kier alpha value is -0.490. The van der Waals surface area contributed by atoms with Gasteiger partial charge in [0.25, 0.3) is 0 Å². The highest BCUT2D eigenvalue weighted by Gasteiger charge is 2.38. The molecule has 1 saturated heterocycles. The normalized spacial score (nSPS) is 18.7. The third kappa shape index (κ3) is 3.16. The van der Waals surface area contributed by atoms with Gasteiger partial charge in [-0.3, -0.25) is 0 Å². The number of hydrogen-bond acceptors (Lipinski definition) is 5. The molecule has 0 bridgehead atoms. The largest absolute Gasteiger partial charge is 0.381 e. The third-order valence-corrected chi connectivity index (χ3v) is 4.87. The molecule has 1 aromatic heterocycles. The fourth-order valence-corrected chi connectivity index (χ4v) is 3.75. The van der Waals surface area contributed by atoms with Crippen LogP contribution in [0.1, 0.15) is 48.7 Å². The van der Waals surface area contributed by atoms with Crippen molar-refractivity contribution in [3.8, 4) is 0 Å². The van der Waals surface area contributed by atoms with Crippen LogP contribution >= 0.6 is 11.3 Å². The predicted octanol–water partition coefficient (Wildman–Crippen LogP) is 2.60. The Morgan fingerprint density at radius 2 is 2.11 bits per heavy atom. The zero-order valence-electron chi connectivity index (χ0n) is 11.9. The average Bonchev–Trinajstić information content (AvgIpc) is 2.84. The molecule has 1 aliphatic rings. The van der Waals surface area contributed by atoms with Crippen LogP contribution in [0, 0.1) is 0 Å². The van der Waals surface area contributed by atoms with E-state index >= 15 is 0 Å². The van der Waals surface area contributed by atoms with E-state index in [2.05, 4.69) is 6.92 Å². The van der Waals surface area contributed by atoms with Gasteiger partial charge in [-0.05, 0) is 13.3 Å². The van der Waals surface area contributed by atoms with Crippen LogP contribution in [-0.4, -0.2) is 24.8 Å². The molecule has 0 radical (unpaired) electrons. The Labute approximate surface area is 119 Å². The van der Waals surface area contributed by atoms with E-state index < -0.39 is 0 Å². The highest BCUT2D eigenvalue weighted by atomic mass is 32.1. The summed E-state index contributed by atoms with van der Waals surface area (Å²) in [5, 5.41) is 1.10. The van der Waals surface area contributed by atoms with Gasteiger partial charge in [-0.2, -0.15) is 0 Å². The summed E-state index contributed by atoms with van der Waals surface area (Å²) in [6.07, 6.45) is 3.89. The van der Waals surface area contributed by atoms with Crippen molar-refractivity contribution in [1.29, 1.82) is 0 Å². The molecule has 0 aromatic carbocycles. The zero-order chi connectivity index (χ0) is 13.7. The van der Waals surface area contributed by atoms with Gasteiger partial charge in [-0.15, -0.1) is 11.3 Å². The zero-order valence-corrected chi connectivity index (χ0v) is 12.7. The first-order valence-electron chi connectivity index (χ1n) is 7.16. The molecule has 4 nitrogen and oxygen atoms in total. The molecule has 0 spiro atoms. The van der Waals surface area contributed by atoms with E-state index in [4.69, 9.17) is 20.2 Å². The summed E-state index contributed by atoms with van der Waals surface area (Å²) in [6.45, 7) is 7.00. The Morgan fingerprint density at radius 1 is 1.37 bits per heavy atom. The Morgan fingerprint density at radius 3 is 2.68 bits per heavy atom. The molecule has 2 heterocycles. The molecule has 1 aliphatic heterocycles. The topological polar surface area (TPSA) is 57.4 Å². The second-order valence-electron chi connectivity index (χ2n) is 4.88. The van der Waals surface area contributed by atoms with Crippen molar-refractivity contribution < 1.29 is 9.47 Å². The van der Waals surface area contributed by atoms with Crippen molar-refractivity contribution in [3.63, 3.8) is 0 Å². The van der Waals surface area contributed by atoms with E-state index in [0.717, 1.165) is 49.6 Å². The lowest BCUT2D eigenvalue weighted by molar-refractivity contribution is -0.112. The number of hydrogen-bond donors (Lipinski definition) is 1. The van der Waals surface area contributed by atoms with Crippen LogP contribution in [0.2, 0.25) is 0 Å². The summed E-state index contributed by atoms with van der Waals surface area (Å²) in [6, 6.07) is 0. The second-order valence-corrected chi connectivity index (χ2v) is 5.97. The maximum absolute atomic E-state index is 6.07. The lowest BCUT2D eigenvalue weighted by atomic mass is 9.94. The van der Waals surface area contributed by atoms with Crippen LogP contribution in [0.3, 0.4) is 0 Å². The summed E-state index contributed by atoms with van der Waals surface area (Å²) in [7, 11) is 0. The van der Waals surface area contributed by atoms with Crippen LogP contribution in [0.15, 0.2) is 0 Å². The minimum absolute atomic E-state index is 0.242. The summed E-state index contributed by atoms with van der Waals surface area (Å²) in [5.41, 5.74) is 6.77. The maximum atomic E-state index is 6.07. The van der Waals surface area contributed by atoms with E-state index in [0.29, 0.717) is 13.2 Å². The fraction of sp³-hybridized carbons (Fsp3) is 0.786. The van der Waals surface area contributed by atoms with Gasteiger partial charge in [0.2, 0.25) is 0 Å². The molecule has 19 heavy (non-hydrogen) atoms. The van der Waals surface area contributed by atoms with Crippen molar-refractivity contribution in [2.24, 2.45) is 5.73 Å². The van der Waals surface area contributed by atoms with Gasteiger partial charge in [0, 0.05) is 44.1 Å². The maximum Gasteiger partial charge on any atom is 0.125 e. The highest BCUT2D eigenvalue weighted by Crippen LogP contribution is 2.39. The molecular weight excluding hydrogens is 260 g/mol. The number of rotatable bonds is 6. The van der Waals surface area contributed by atoms with E-state index in [-0.39, 0.29) is 5.60 Å². The summed E-state index contributed by atoms with van der Waals surface area (Å²) < 4.78 is 11.6. The molecule has 0 atom stereocenters. The van der Waals surface area contributed by atoms with Crippen molar-refractivity contribution in [2.45, 2.75) is 51.7 Å². The highest BCUT2D eigenvalue weighted by molar-refractivity contribution is 7.11. The molecular formula is C14H24N2O2S. The standard InChI is InChI=1S/C14H24N2O2S/c1-3-5-11-12(10-15)19-13(16-11)14(18-4-2)6-8-17-9-7-14/h3-10,15H2,1-2H3. The summed E-state index contributed by atoms with van der Waals surface area (Å²) in [5.74, 6) is 0. The van der Waals surface area contributed by atoms with Crippen LogP contribution in [0.4, 0.5) is 0 Å². The number of aryl methyl sites for hydroxylation is 1. The molecule has 108 valence electrons. The van der Waals surface area contributed by atoms with Gasteiger partial charge in [-0.25, -0.2) is 4.98 Å². The van der Waals surface area contributed by atoms with Gasteiger partial charge < -0.3 is 15.2 Å². The number of aromatic nitrogens is 1. The lowest BCUT2D eigenvalue weighted by Crippen LogP contribution is -2.36. The molecule has 0 amide bonds. The second kappa shape index (κ2) is 6.79. The van der Waals surface area contributed by atoms with Crippen molar-refractivity contribution in [3.05, 3.63) is 15.6 Å². The molecule has 1 fully saturated rings. The number of nitrogens with two attached hydrogens (primary N) is 1. The van der Waals surface area contributed by atoms with Crippen LogP contribution in [0.25, 0.3) is 0 Å². The predicted molar refractivity (Wildman–Crippen MR) is 77.4 cm³/mol. The molecule has 2 N–H and O–H groups in total. The third-order valence-electron chi connectivity index (χ3n) is 3.56. The van der Waals surface area contributed by atoms with Crippen molar-refractivity contribution >= 4 is 11.3 Å². The Bertz CT molecular complexity index is 395. The molecule has 5 heteroatoms. The van der Waals surface area contributed by atoms with E-state index in [1.54, 1.807) is 11.3 Å². The smallest absolute Gasteiger partial charge is 0.125 e. The van der Waals surface area contributed by atoms with Crippen LogP contribution in [-0.2, 0) is 28.0 Å². The number of ether oxygens (including phenoxy) is 2. The lowest BCUT2D eigenvalue weighted by Gasteiger charge is -2.35. The summed E-state index contributed by atoms with van der Waals surface area (Å²) in [4.78, 5) is 6.05. The summed E-state index contributed by atoms with van der Waals surface area (Å²) >= 11 is 1.73. The fourth-order valence-electron chi connectivity index (χ4n) is 2.57.